The Morgan fingerprint density at radius 1 is 1.09 bits per heavy atom. The van der Waals surface area contributed by atoms with Gasteiger partial charge in [-0.05, 0) is 44.0 Å². The molecule has 1 heterocycles. The molecule has 2 aromatic rings. The molecule has 0 radical (unpaired) electrons. The van der Waals surface area contributed by atoms with E-state index in [0.29, 0.717) is 18.1 Å². The van der Waals surface area contributed by atoms with Crippen LogP contribution in [0.5, 0.6) is 0 Å². The van der Waals surface area contributed by atoms with Gasteiger partial charge >= 0.3 is 0 Å². The van der Waals surface area contributed by atoms with Crippen molar-refractivity contribution >= 4 is 17.4 Å². The van der Waals surface area contributed by atoms with E-state index in [0.717, 1.165) is 30.5 Å². The van der Waals surface area contributed by atoms with Crippen LogP contribution in [0.2, 0.25) is 0 Å². The molecule has 0 atom stereocenters. The van der Waals surface area contributed by atoms with Crippen LogP contribution >= 0.6 is 0 Å². The number of carbonyl (C=O) groups is 1. The first-order valence-electron chi connectivity index (χ1n) is 8.06. The van der Waals surface area contributed by atoms with Crippen LogP contribution in [-0.4, -0.2) is 22.6 Å². The van der Waals surface area contributed by atoms with E-state index in [1.807, 2.05) is 19.1 Å². The average Bonchev–Trinajstić information content (AvgIpc) is 2.55. The molecule has 0 bridgehead atoms. The van der Waals surface area contributed by atoms with Gasteiger partial charge in [-0.25, -0.2) is 0 Å². The van der Waals surface area contributed by atoms with E-state index in [9.17, 15) is 4.79 Å². The highest BCUT2D eigenvalue weighted by atomic mass is 16.1. The molecule has 1 amide bonds. The molecule has 5 nitrogen and oxygen atoms in total. The predicted molar refractivity (Wildman–Crippen MR) is 93.1 cm³/mol. The van der Waals surface area contributed by atoms with Gasteiger partial charge in [-0.1, -0.05) is 37.5 Å². The molecule has 122 valence electrons. The lowest BCUT2D eigenvalue weighted by Gasteiger charge is -2.09. The van der Waals surface area contributed by atoms with Gasteiger partial charge in [-0.15, -0.1) is 10.2 Å². The Labute approximate surface area is 137 Å². The van der Waals surface area contributed by atoms with Crippen molar-refractivity contribution in [3.05, 3.63) is 47.2 Å². The molecule has 0 spiro atoms. The fourth-order valence-corrected chi connectivity index (χ4v) is 2.28. The quantitative estimate of drug-likeness (QED) is 0.764. The summed E-state index contributed by atoms with van der Waals surface area (Å²) < 4.78 is 0. The van der Waals surface area contributed by atoms with Crippen LogP contribution in [0.1, 0.15) is 47.8 Å². The van der Waals surface area contributed by atoms with E-state index in [1.165, 1.54) is 5.56 Å². The van der Waals surface area contributed by atoms with Gasteiger partial charge in [0.1, 0.15) is 0 Å². The van der Waals surface area contributed by atoms with Gasteiger partial charge in [-0.2, -0.15) is 0 Å². The van der Waals surface area contributed by atoms with Crippen LogP contribution in [0.4, 0.5) is 11.5 Å². The van der Waals surface area contributed by atoms with Crippen LogP contribution in [0.3, 0.4) is 0 Å². The Bertz CT molecular complexity index is 653. The number of amides is 1. The van der Waals surface area contributed by atoms with Crippen LogP contribution in [0, 0.1) is 13.8 Å². The van der Waals surface area contributed by atoms with Crippen molar-refractivity contribution in [2.45, 2.75) is 40.0 Å². The maximum absolute atomic E-state index is 11.9. The summed E-state index contributed by atoms with van der Waals surface area (Å²) in [5.41, 5.74) is 3.69. The number of hydrogen-bond acceptors (Lipinski definition) is 4. The van der Waals surface area contributed by atoms with Gasteiger partial charge in [0, 0.05) is 12.2 Å². The SMILES string of the molecule is CCCCCNC(=O)c1ccc(Nc2ccc(C)cc2C)nn1. The lowest BCUT2D eigenvalue weighted by molar-refractivity contribution is 0.0947. The van der Waals surface area contributed by atoms with Crippen LogP contribution in [-0.2, 0) is 0 Å². The zero-order valence-corrected chi connectivity index (χ0v) is 14.0. The second-order valence-corrected chi connectivity index (χ2v) is 5.71. The van der Waals surface area contributed by atoms with E-state index < -0.39 is 0 Å². The molecule has 0 saturated heterocycles. The number of carbonyl (C=O) groups excluding carboxylic acids is 1. The van der Waals surface area contributed by atoms with Gasteiger partial charge in [-0.3, -0.25) is 4.79 Å². The van der Waals surface area contributed by atoms with Gasteiger partial charge in [0.05, 0.1) is 0 Å². The van der Waals surface area contributed by atoms with Crippen molar-refractivity contribution < 1.29 is 4.79 Å². The highest BCUT2D eigenvalue weighted by Crippen LogP contribution is 2.19. The number of benzene rings is 1. The number of aromatic nitrogens is 2. The molecule has 2 N–H and O–H groups in total. The number of aryl methyl sites for hydroxylation is 2. The minimum atomic E-state index is -0.174. The third kappa shape index (κ3) is 5.06. The minimum absolute atomic E-state index is 0.174. The zero-order valence-electron chi connectivity index (χ0n) is 14.0. The summed E-state index contributed by atoms with van der Waals surface area (Å²) in [5, 5.41) is 14.2. The Balaban J connectivity index is 1.95. The largest absolute Gasteiger partial charge is 0.351 e. The molecule has 0 saturated carbocycles. The van der Waals surface area contributed by atoms with Gasteiger partial charge in [0.2, 0.25) is 0 Å². The van der Waals surface area contributed by atoms with Crippen molar-refractivity contribution in [2.75, 3.05) is 11.9 Å². The van der Waals surface area contributed by atoms with Crippen molar-refractivity contribution in [1.29, 1.82) is 0 Å². The summed E-state index contributed by atoms with van der Waals surface area (Å²) in [7, 11) is 0. The Hall–Kier alpha value is -2.43. The minimum Gasteiger partial charge on any atom is -0.351 e. The number of hydrogen-bond donors (Lipinski definition) is 2. The number of nitrogens with zero attached hydrogens (tertiary/aromatic N) is 2. The summed E-state index contributed by atoms with van der Waals surface area (Å²) in [4.78, 5) is 11.9. The summed E-state index contributed by atoms with van der Waals surface area (Å²) in [6.07, 6.45) is 3.24. The first kappa shape index (κ1) is 16.9. The fourth-order valence-electron chi connectivity index (χ4n) is 2.28. The van der Waals surface area contributed by atoms with Crippen molar-refractivity contribution in [2.24, 2.45) is 0 Å². The zero-order chi connectivity index (χ0) is 16.7. The number of rotatable bonds is 7. The second-order valence-electron chi connectivity index (χ2n) is 5.71. The Morgan fingerprint density at radius 2 is 1.91 bits per heavy atom. The van der Waals surface area contributed by atoms with Crippen molar-refractivity contribution in [3.63, 3.8) is 0 Å². The Morgan fingerprint density at radius 3 is 2.57 bits per heavy atom. The third-order valence-electron chi connectivity index (χ3n) is 3.61. The number of unbranched alkanes of at least 4 members (excludes halogenated alkanes) is 2. The molecule has 0 aliphatic heterocycles. The van der Waals surface area contributed by atoms with E-state index in [4.69, 9.17) is 0 Å². The highest BCUT2D eigenvalue weighted by Gasteiger charge is 2.08. The predicted octanol–water partition coefficient (Wildman–Crippen LogP) is 3.76. The lowest BCUT2D eigenvalue weighted by Crippen LogP contribution is -2.25. The molecular formula is C18H24N4O. The van der Waals surface area contributed by atoms with E-state index in [2.05, 4.69) is 40.7 Å². The first-order valence-corrected chi connectivity index (χ1v) is 8.06. The maximum Gasteiger partial charge on any atom is 0.271 e. The van der Waals surface area contributed by atoms with E-state index >= 15 is 0 Å². The summed E-state index contributed by atoms with van der Waals surface area (Å²) in [6.45, 7) is 6.91. The van der Waals surface area contributed by atoms with Crippen molar-refractivity contribution in [1.82, 2.24) is 15.5 Å². The van der Waals surface area contributed by atoms with Crippen molar-refractivity contribution in [3.8, 4) is 0 Å². The Kier molecular flexibility index (Phi) is 6.09. The monoisotopic (exact) mass is 312 g/mol. The summed E-state index contributed by atoms with van der Waals surface area (Å²) >= 11 is 0. The fraction of sp³-hybridized carbons (Fsp3) is 0.389. The molecule has 0 aliphatic carbocycles. The topological polar surface area (TPSA) is 66.9 Å². The molecule has 0 fully saturated rings. The second kappa shape index (κ2) is 8.27. The number of nitrogens with one attached hydrogen (secondary N) is 2. The third-order valence-corrected chi connectivity index (χ3v) is 3.61. The van der Waals surface area contributed by atoms with Gasteiger partial charge in [0.15, 0.2) is 11.5 Å². The number of anilines is 2. The van der Waals surface area contributed by atoms with E-state index in [-0.39, 0.29) is 5.91 Å². The average molecular weight is 312 g/mol. The van der Waals surface area contributed by atoms with Crippen LogP contribution in [0.15, 0.2) is 30.3 Å². The van der Waals surface area contributed by atoms with Gasteiger partial charge < -0.3 is 10.6 Å². The van der Waals surface area contributed by atoms with Gasteiger partial charge in [0.25, 0.3) is 5.91 Å². The molecule has 0 unspecified atom stereocenters. The molecule has 0 aliphatic rings. The molecular weight excluding hydrogens is 288 g/mol. The lowest BCUT2D eigenvalue weighted by atomic mass is 10.1. The molecule has 1 aromatic carbocycles. The van der Waals surface area contributed by atoms with E-state index in [1.54, 1.807) is 12.1 Å². The highest BCUT2D eigenvalue weighted by molar-refractivity contribution is 5.92. The summed E-state index contributed by atoms with van der Waals surface area (Å²) in [6, 6.07) is 9.62. The summed E-state index contributed by atoms with van der Waals surface area (Å²) in [5.74, 6) is 0.450. The normalized spacial score (nSPS) is 10.4. The molecule has 5 heteroatoms. The van der Waals surface area contributed by atoms with Crippen LogP contribution < -0.4 is 10.6 Å². The first-order chi connectivity index (χ1) is 11.1. The molecule has 2 rings (SSSR count). The smallest absolute Gasteiger partial charge is 0.271 e. The van der Waals surface area contributed by atoms with Crippen LogP contribution in [0.25, 0.3) is 0 Å². The maximum atomic E-state index is 11.9. The molecule has 23 heavy (non-hydrogen) atoms. The standard InChI is InChI=1S/C18H24N4O/c1-4-5-6-11-19-18(23)16-9-10-17(22-21-16)20-15-8-7-13(2)12-14(15)3/h7-10,12H,4-6,11H2,1-3H3,(H,19,23)(H,20,22). The molecule has 1 aromatic heterocycles.